The molecule has 0 saturated carbocycles. The van der Waals surface area contributed by atoms with Crippen LogP contribution in [0.1, 0.15) is 23.2 Å². The predicted molar refractivity (Wildman–Crippen MR) is 120 cm³/mol. The van der Waals surface area contributed by atoms with Gasteiger partial charge in [0.25, 0.3) is 5.89 Å². The Labute approximate surface area is 192 Å². The smallest absolute Gasteiger partial charge is 0.338 e. The average Bonchev–Trinajstić information content (AvgIpc) is 3.27. The zero-order valence-electron chi connectivity index (χ0n) is 16.9. The maximum atomic E-state index is 12.4. The summed E-state index contributed by atoms with van der Waals surface area (Å²) in [6, 6.07) is 21.6. The Morgan fingerprint density at radius 1 is 0.906 bits per heavy atom. The minimum Gasteiger partial charge on any atom is -0.452 e. The van der Waals surface area contributed by atoms with Gasteiger partial charge in [-0.05, 0) is 63.5 Å². The number of halogens is 1. The molecule has 3 aromatic carbocycles. The number of benzene rings is 3. The van der Waals surface area contributed by atoms with Crippen LogP contribution in [-0.2, 0) is 16.1 Å². The molecule has 0 aliphatic carbocycles. The van der Waals surface area contributed by atoms with Gasteiger partial charge in [-0.25, -0.2) is 4.79 Å². The molecule has 1 aromatic heterocycles. The number of rotatable bonds is 6. The van der Waals surface area contributed by atoms with Crippen molar-refractivity contribution in [2.75, 3.05) is 0 Å². The monoisotopic (exact) mass is 492 g/mol. The van der Waals surface area contributed by atoms with Gasteiger partial charge in [0.05, 0.1) is 11.1 Å². The molecule has 8 heteroatoms. The van der Waals surface area contributed by atoms with Crippen molar-refractivity contribution in [1.29, 1.82) is 0 Å². The van der Waals surface area contributed by atoms with E-state index in [2.05, 4.69) is 26.1 Å². The molecule has 0 aliphatic rings. The lowest BCUT2D eigenvalue weighted by atomic mass is 10.0. The fourth-order valence-electron chi connectivity index (χ4n) is 2.95. The first-order valence-electron chi connectivity index (χ1n) is 9.63. The summed E-state index contributed by atoms with van der Waals surface area (Å²) in [5, 5.41) is 7.93. The minimum absolute atomic E-state index is 0.129. The molecule has 0 unspecified atom stereocenters. The van der Waals surface area contributed by atoms with Crippen LogP contribution in [0.4, 0.5) is 0 Å². The van der Waals surface area contributed by atoms with E-state index in [9.17, 15) is 9.59 Å². The Balaban J connectivity index is 1.37. The number of hydrogen-bond acceptors (Lipinski definition) is 7. The molecule has 0 atom stereocenters. The lowest BCUT2D eigenvalue weighted by Gasteiger charge is -2.06. The molecular formula is C24H17BrN2O5. The molecule has 0 fully saturated rings. The molecular weight excluding hydrogens is 476 g/mol. The van der Waals surface area contributed by atoms with E-state index in [1.165, 1.54) is 6.92 Å². The van der Waals surface area contributed by atoms with Gasteiger partial charge < -0.3 is 13.9 Å². The third-order valence-corrected chi connectivity index (χ3v) is 5.16. The predicted octanol–water partition coefficient (Wildman–Crippen LogP) is 5.45. The summed E-state index contributed by atoms with van der Waals surface area (Å²) in [7, 11) is 0. The van der Waals surface area contributed by atoms with Gasteiger partial charge in [-0.2, -0.15) is 0 Å². The normalized spacial score (nSPS) is 10.6. The van der Waals surface area contributed by atoms with Gasteiger partial charge >= 0.3 is 11.9 Å². The lowest BCUT2D eigenvalue weighted by Crippen LogP contribution is -2.05. The fourth-order valence-corrected chi connectivity index (χ4v) is 3.40. The highest BCUT2D eigenvalue weighted by Gasteiger charge is 2.14. The summed E-state index contributed by atoms with van der Waals surface area (Å²) in [4.78, 5) is 23.4. The number of aromatic nitrogens is 2. The zero-order valence-corrected chi connectivity index (χ0v) is 18.5. The van der Waals surface area contributed by atoms with Crippen LogP contribution in [0.5, 0.6) is 5.75 Å². The van der Waals surface area contributed by atoms with Gasteiger partial charge in [-0.3, -0.25) is 4.79 Å². The first-order valence-corrected chi connectivity index (χ1v) is 10.4. The number of carbonyl (C=O) groups is 2. The minimum atomic E-state index is -0.498. The molecule has 0 N–H and O–H groups in total. The van der Waals surface area contributed by atoms with Crippen LogP contribution in [0.2, 0.25) is 0 Å². The molecule has 0 spiro atoms. The van der Waals surface area contributed by atoms with E-state index >= 15 is 0 Å². The van der Waals surface area contributed by atoms with Crippen molar-refractivity contribution in [3.8, 4) is 28.3 Å². The Bertz CT molecular complexity index is 1250. The van der Waals surface area contributed by atoms with Crippen molar-refractivity contribution in [2.24, 2.45) is 0 Å². The molecule has 0 radical (unpaired) electrons. The van der Waals surface area contributed by atoms with Gasteiger partial charge in [-0.15, -0.1) is 10.2 Å². The van der Waals surface area contributed by atoms with E-state index in [4.69, 9.17) is 13.9 Å². The van der Waals surface area contributed by atoms with Crippen LogP contribution in [0.15, 0.2) is 81.7 Å². The molecule has 0 bridgehead atoms. The van der Waals surface area contributed by atoms with Crippen molar-refractivity contribution < 1.29 is 23.5 Å². The third kappa shape index (κ3) is 5.09. The standard InChI is InChI=1S/C24H17BrN2O5/c1-15(28)31-19-12-10-17(11-13-19)16-6-8-18(9-7-16)24(29)30-14-22-26-27-23(32-22)20-4-2-3-5-21(20)25/h2-13H,14H2,1H3. The van der Waals surface area contributed by atoms with Crippen LogP contribution >= 0.6 is 15.9 Å². The molecule has 32 heavy (non-hydrogen) atoms. The third-order valence-electron chi connectivity index (χ3n) is 4.47. The highest BCUT2D eigenvalue weighted by Crippen LogP contribution is 2.27. The van der Waals surface area contributed by atoms with Gasteiger partial charge in [-0.1, -0.05) is 36.4 Å². The lowest BCUT2D eigenvalue weighted by molar-refractivity contribution is -0.131. The van der Waals surface area contributed by atoms with Crippen molar-refractivity contribution in [3.63, 3.8) is 0 Å². The van der Waals surface area contributed by atoms with Gasteiger partial charge in [0, 0.05) is 11.4 Å². The Hall–Kier alpha value is -3.78. The molecule has 0 aliphatic heterocycles. The Morgan fingerprint density at radius 3 is 2.22 bits per heavy atom. The second kappa shape index (κ2) is 9.57. The van der Waals surface area contributed by atoms with E-state index in [-0.39, 0.29) is 18.5 Å². The molecule has 4 aromatic rings. The highest BCUT2D eigenvalue weighted by molar-refractivity contribution is 9.10. The first-order chi connectivity index (χ1) is 15.5. The van der Waals surface area contributed by atoms with Crippen LogP contribution in [0.3, 0.4) is 0 Å². The first kappa shape index (κ1) is 21.5. The van der Waals surface area contributed by atoms with Crippen molar-refractivity contribution >= 4 is 27.9 Å². The van der Waals surface area contributed by atoms with E-state index in [1.807, 2.05) is 48.5 Å². The Kier molecular flexibility index (Phi) is 6.42. The molecule has 160 valence electrons. The molecule has 0 saturated heterocycles. The second-order valence-corrected chi connectivity index (χ2v) is 7.61. The summed E-state index contributed by atoms with van der Waals surface area (Å²) in [5.41, 5.74) is 2.99. The van der Waals surface area contributed by atoms with Crippen LogP contribution < -0.4 is 4.74 Å². The SMILES string of the molecule is CC(=O)Oc1ccc(-c2ccc(C(=O)OCc3nnc(-c4ccccc4Br)o3)cc2)cc1. The highest BCUT2D eigenvalue weighted by atomic mass is 79.9. The molecule has 1 heterocycles. The molecule has 0 amide bonds. The quantitative estimate of drug-likeness (QED) is 0.261. The number of ether oxygens (including phenoxy) is 2. The topological polar surface area (TPSA) is 91.5 Å². The largest absolute Gasteiger partial charge is 0.452 e. The Morgan fingerprint density at radius 2 is 1.56 bits per heavy atom. The van der Waals surface area contributed by atoms with Crippen molar-refractivity contribution in [3.05, 3.63) is 88.7 Å². The summed E-state index contributed by atoms with van der Waals surface area (Å²) < 4.78 is 16.7. The fraction of sp³-hybridized carbons (Fsp3) is 0.0833. The van der Waals surface area contributed by atoms with E-state index in [0.717, 1.165) is 21.2 Å². The average molecular weight is 493 g/mol. The van der Waals surface area contributed by atoms with Gasteiger partial charge in [0.15, 0.2) is 6.61 Å². The molecule has 7 nitrogen and oxygen atoms in total. The molecule has 4 rings (SSSR count). The summed E-state index contributed by atoms with van der Waals surface area (Å²) in [6.45, 7) is 1.22. The number of esters is 2. The number of carbonyl (C=O) groups excluding carboxylic acids is 2. The maximum Gasteiger partial charge on any atom is 0.338 e. The van der Waals surface area contributed by atoms with Crippen LogP contribution in [0.25, 0.3) is 22.6 Å². The second-order valence-electron chi connectivity index (χ2n) is 6.75. The maximum absolute atomic E-state index is 12.4. The summed E-state index contributed by atoms with van der Waals surface area (Å²) in [6.07, 6.45) is 0. The van der Waals surface area contributed by atoms with Crippen LogP contribution in [-0.4, -0.2) is 22.1 Å². The number of nitrogens with zero attached hydrogens (tertiary/aromatic N) is 2. The summed E-state index contributed by atoms with van der Waals surface area (Å²) in [5.74, 6) is 0.152. The van der Waals surface area contributed by atoms with Crippen molar-refractivity contribution in [2.45, 2.75) is 13.5 Å². The van der Waals surface area contributed by atoms with Crippen LogP contribution in [0, 0.1) is 0 Å². The number of hydrogen-bond donors (Lipinski definition) is 0. The van der Waals surface area contributed by atoms with Gasteiger partial charge in [0.1, 0.15) is 5.75 Å². The van der Waals surface area contributed by atoms with E-state index < -0.39 is 5.97 Å². The van der Waals surface area contributed by atoms with Gasteiger partial charge in [0.2, 0.25) is 5.89 Å². The van der Waals surface area contributed by atoms with Crippen molar-refractivity contribution in [1.82, 2.24) is 10.2 Å². The van der Waals surface area contributed by atoms with E-state index in [0.29, 0.717) is 17.2 Å². The summed E-state index contributed by atoms with van der Waals surface area (Å²) >= 11 is 3.44. The zero-order chi connectivity index (χ0) is 22.5. The van der Waals surface area contributed by atoms with E-state index in [1.54, 1.807) is 24.3 Å².